The molecular formula is C13H17BrO2. The first-order valence-electron chi connectivity index (χ1n) is 5.33. The van der Waals surface area contributed by atoms with Gasteiger partial charge in [-0.25, -0.2) is 4.79 Å². The topological polar surface area (TPSA) is 26.3 Å². The molecule has 16 heavy (non-hydrogen) atoms. The molecule has 1 aromatic carbocycles. The van der Waals surface area contributed by atoms with Gasteiger partial charge in [-0.05, 0) is 42.5 Å². The SMILES string of the molecule is COC(=O)c1cc(Br)cc(C)c1CC(C)C. The van der Waals surface area contributed by atoms with Crippen molar-refractivity contribution in [3.05, 3.63) is 33.3 Å². The molecule has 0 bridgehead atoms. The second-order valence-electron chi connectivity index (χ2n) is 4.34. The monoisotopic (exact) mass is 284 g/mol. The molecule has 0 heterocycles. The van der Waals surface area contributed by atoms with E-state index in [4.69, 9.17) is 4.74 Å². The summed E-state index contributed by atoms with van der Waals surface area (Å²) in [4.78, 5) is 11.7. The lowest BCUT2D eigenvalue weighted by atomic mass is 9.94. The molecule has 0 atom stereocenters. The normalized spacial score (nSPS) is 10.6. The molecule has 3 heteroatoms. The molecule has 0 saturated heterocycles. The van der Waals surface area contributed by atoms with Crippen molar-refractivity contribution in [2.75, 3.05) is 7.11 Å². The zero-order valence-corrected chi connectivity index (χ0v) is 11.7. The molecule has 0 amide bonds. The van der Waals surface area contributed by atoms with Crippen molar-refractivity contribution in [3.63, 3.8) is 0 Å². The fourth-order valence-electron chi connectivity index (χ4n) is 1.74. The second-order valence-corrected chi connectivity index (χ2v) is 5.25. The van der Waals surface area contributed by atoms with Gasteiger partial charge in [0.25, 0.3) is 0 Å². The maximum atomic E-state index is 11.7. The molecule has 0 saturated carbocycles. The molecule has 0 fully saturated rings. The molecule has 0 spiro atoms. The minimum absolute atomic E-state index is 0.264. The summed E-state index contributed by atoms with van der Waals surface area (Å²) in [5, 5.41) is 0. The van der Waals surface area contributed by atoms with Crippen LogP contribution in [0.5, 0.6) is 0 Å². The van der Waals surface area contributed by atoms with Gasteiger partial charge in [0.2, 0.25) is 0 Å². The van der Waals surface area contributed by atoms with Gasteiger partial charge in [-0.1, -0.05) is 29.8 Å². The largest absolute Gasteiger partial charge is 0.465 e. The Labute approximate surface area is 105 Å². The van der Waals surface area contributed by atoms with Crippen molar-refractivity contribution in [2.24, 2.45) is 5.92 Å². The Morgan fingerprint density at radius 1 is 1.44 bits per heavy atom. The lowest BCUT2D eigenvalue weighted by molar-refractivity contribution is 0.0599. The first-order valence-corrected chi connectivity index (χ1v) is 6.12. The van der Waals surface area contributed by atoms with Gasteiger partial charge in [0, 0.05) is 4.47 Å². The first-order chi connectivity index (χ1) is 7.45. The quantitative estimate of drug-likeness (QED) is 0.791. The fourth-order valence-corrected chi connectivity index (χ4v) is 2.32. The van der Waals surface area contributed by atoms with Gasteiger partial charge in [-0.2, -0.15) is 0 Å². The van der Waals surface area contributed by atoms with Gasteiger partial charge >= 0.3 is 5.97 Å². The smallest absolute Gasteiger partial charge is 0.338 e. The average molecular weight is 285 g/mol. The van der Waals surface area contributed by atoms with Crippen molar-refractivity contribution in [1.29, 1.82) is 0 Å². The Morgan fingerprint density at radius 3 is 2.56 bits per heavy atom. The number of aryl methyl sites for hydroxylation is 1. The number of hydrogen-bond donors (Lipinski definition) is 0. The molecule has 0 aliphatic rings. The van der Waals surface area contributed by atoms with E-state index in [0.29, 0.717) is 11.5 Å². The number of hydrogen-bond acceptors (Lipinski definition) is 2. The highest BCUT2D eigenvalue weighted by atomic mass is 79.9. The lowest BCUT2D eigenvalue weighted by Gasteiger charge is -2.14. The van der Waals surface area contributed by atoms with Crippen LogP contribution in [0.3, 0.4) is 0 Å². The molecule has 0 aliphatic carbocycles. The molecule has 0 aromatic heterocycles. The Hall–Kier alpha value is -0.830. The third-order valence-corrected chi connectivity index (χ3v) is 2.91. The zero-order valence-electron chi connectivity index (χ0n) is 10.1. The molecular weight excluding hydrogens is 268 g/mol. The highest BCUT2D eigenvalue weighted by Gasteiger charge is 2.15. The summed E-state index contributed by atoms with van der Waals surface area (Å²) in [6.45, 7) is 6.31. The van der Waals surface area contributed by atoms with E-state index < -0.39 is 0 Å². The summed E-state index contributed by atoms with van der Waals surface area (Å²) in [6, 6.07) is 3.86. The number of halogens is 1. The van der Waals surface area contributed by atoms with Crippen LogP contribution in [-0.2, 0) is 11.2 Å². The van der Waals surface area contributed by atoms with Crippen molar-refractivity contribution in [3.8, 4) is 0 Å². The lowest BCUT2D eigenvalue weighted by Crippen LogP contribution is -2.09. The second kappa shape index (κ2) is 5.48. The zero-order chi connectivity index (χ0) is 12.3. The standard InChI is InChI=1S/C13H17BrO2/c1-8(2)5-11-9(3)6-10(14)7-12(11)13(15)16-4/h6-8H,5H2,1-4H3. The van der Waals surface area contributed by atoms with Crippen molar-refractivity contribution >= 4 is 21.9 Å². The van der Waals surface area contributed by atoms with Crippen LogP contribution in [0.2, 0.25) is 0 Å². The van der Waals surface area contributed by atoms with Gasteiger partial charge in [-0.3, -0.25) is 0 Å². The van der Waals surface area contributed by atoms with Crippen LogP contribution in [0, 0.1) is 12.8 Å². The van der Waals surface area contributed by atoms with Crippen molar-refractivity contribution < 1.29 is 9.53 Å². The van der Waals surface area contributed by atoms with Crippen molar-refractivity contribution in [1.82, 2.24) is 0 Å². The van der Waals surface area contributed by atoms with Gasteiger partial charge in [0.05, 0.1) is 12.7 Å². The number of methoxy groups -OCH3 is 1. The number of carbonyl (C=O) groups excluding carboxylic acids is 1. The molecule has 0 aliphatic heterocycles. The van der Waals surface area contributed by atoms with Crippen LogP contribution in [0.1, 0.15) is 35.3 Å². The summed E-state index contributed by atoms with van der Waals surface area (Å²) in [5.41, 5.74) is 2.89. The van der Waals surface area contributed by atoms with Crippen LogP contribution in [0.25, 0.3) is 0 Å². The Kier molecular flexibility index (Phi) is 4.54. The molecule has 0 radical (unpaired) electrons. The number of carbonyl (C=O) groups is 1. The van der Waals surface area contributed by atoms with Gasteiger partial charge in [0.15, 0.2) is 0 Å². The van der Waals surface area contributed by atoms with E-state index in [9.17, 15) is 4.79 Å². The Bertz CT molecular complexity index is 397. The number of ether oxygens (including phenoxy) is 1. The van der Waals surface area contributed by atoms with Crippen LogP contribution < -0.4 is 0 Å². The number of esters is 1. The third kappa shape index (κ3) is 3.08. The maximum absolute atomic E-state index is 11.7. The van der Waals surface area contributed by atoms with Crippen LogP contribution in [0.15, 0.2) is 16.6 Å². The predicted octanol–water partition coefficient (Wildman–Crippen LogP) is 3.74. The Morgan fingerprint density at radius 2 is 2.06 bits per heavy atom. The minimum atomic E-state index is -0.264. The van der Waals surface area contributed by atoms with Crippen LogP contribution in [-0.4, -0.2) is 13.1 Å². The van der Waals surface area contributed by atoms with Crippen LogP contribution >= 0.6 is 15.9 Å². The van der Waals surface area contributed by atoms with E-state index in [-0.39, 0.29) is 5.97 Å². The van der Waals surface area contributed by atoms with E-state index in [2.05, 4.69) is 29.8 Å². The van der Waals surface area contributed by atoms with E-state index >= 15 is 0 Å². The summed E-state index contributed by atoms with van der Waals surface area (Å²) in [5.74, 6) is 0.253. The summed E-state index contributed by atoms with van der Waals surface area (Å²) in [6.07, 6.45) is 0.892. The number of rotatable bonds is 3. The fraction of sp³-hybridized carbons (Fsp3) is 0.462. The van der Waals surface area contributed by atoms with Gasteiger partial charge < -0.3 is 4.74 Å². The van der Waals surface area contributed by atoms with E-state index in [1.54, 1.807) is 0 Å². The predicted molar refractivity (Wildman–Crippen MR) is 68.8 cm³/mol. The molecule has 0 N–H and O–H groups in total. The van der Waals surface area contributed by atoms with Gasteiger partial charge in [-0.15, -0.1) is 0 Å². The maximum Gasteiger partial charge on any atom is 0.338 e. The minimum Gasteiger partial charge on any atom is -0.465 e. The van der Waals surface area contributed by atoms with E-state index in [1.165, 1.54) is 7.11 Å². The average Bonchev–Trinajstić information content (AvgIpc) is 2.20. The number of benzene rings is 1. The van der Waals surface area contributed by atoms with Crippen molar-refractivity contribution in [2.45, 2.75) is 27.2 Å². The molecule has 2 nitrogen and oxygen atoms in total. The highest BCUT2D eigenvalue weighted by molar-refractivity contribution is 9.10. The molecule has 0 unspecified atom stereocenters. The molecule has 1 aromatic rings. The summed E-state index contributed by atoms with van der Waals surface area (Å²) < 4.78 is 5.72. The summed E-state index contributed by atoms with van der Waals surface area (Å²) in [7, 11) is 1.41. The van der Waals surface area contributed by atoms with E-state index in [1.807, 2.05) is 19.1 Å². The van der Waals surface area contributed by atoms with Crippen LogP contribution in [0.4, 0.5) is 0 Å². The molecule has 1 rings (SSSR count). The third-order valence-electron chi connectivity index (χ3n) is 2.46. The Balaban J connectivity index is 3.26. The van der Waals surface area contributed by atoms with E-state index in [0.717, 1.165) is 22.0 Å². The van der Waals surface area contributed by atoms with Gasteiger partial charge in [0.1, 0.15) is 0 Å². The molecule has 88 valence electrons. The summed E-state index contributed by atoms with van der Waals surface area (Å²) >= 11 is 3.40. The highest BCUT2D eigenvalue weighted by Crippen LogP contribution is 2.24. The first kappa shape index (κ1) is 13.2.